The van der Waals surface area contributed by atoms with E-state index in [1.54, 1.807) is 17.9 Å². The summed E-state index contributed by atoms with van der Waals surface area (Å²) in [6, 6.07) is 4.46. The van der Waals surface area contributed by atoms with E-state index in [0.717, 1.165) is 18.8 Å². The summed E-state index contributed by atoms with van der Waals surface area (Å²) >= 11 is 5.80. The smallest absolute Gasteiger partial charge is 0.141 e. The molecule has 1 aliphatic rings. The molecule has 1 atom stereocenters. The van der Waals surface area contributed by atoms with E-state index in [9.17, 15) is 4.39 Å². The van der Waals surface area contributed by atoms with Crippen molar-refractivity contribution >= 4 is 11.6 Å². The predicted molar refractivity (Wildman–Crippen MR) is 83.2 cm³/mol. The van der Waals surface area contributed by atoms with Gasteiger partial charge in [0.1, 0.15) is 5.82 Å². The minimum atomic E-state index is -0.451. The van der Waals surface area contributed by atoms with Crippen molar-refractivity contribution in [1.29, 1.82) is 0 Å². The molecule has 1 aliphatic heterocycles. The van der Waals surface area contributed by atoms with Crippen molar-refractivity contribution in [2.45, 2.75) is 12.6 Å². The van der Waals surface area contributed by atoms with Crippen LogP contribution in [0.3, 0.4) is 0 Å². The van der Waals surface area contributed by atoms with Gasteiger partial charge in [-0.3, -0.25) is 4.90 Å². The number of morpholine rings is 1. The molecule has 8 heteroatoms. The van der Waals surface area contributed by atoms with Crippen LogP contribution in [0, 0.1) is 5.82 Å². The lowest BCUT2D eigenvalue weighted by molar-refractivity contribution is -0.0633. The molecule has 1 fully saturated rings. The number of methoxy groups -OCH3 is 1. The molecule has 1 saturated heterocycles. The van der Waals surface area contributed by atoms with Gasteiger partial charge in [-0.1, -0.05) is 16.8 Å². The predicted octanol–water partition coefficient (Wildman–Crippen LogP) is 1.91. The normalized spacial score (nSPS) is 19.2. The number of rotatable bonds is 5. The lowest BCUT2D eigenvalue weighted by Crippen LogP contribution is -2.43. The standard InChI is InChI=1S/C15H18ClFN4O2/c1-22-10-13-9-20(4-5-23-13)7-11-8-21(19-18-11)12-2-3-15(17)14(16)6-12/h2-3,6,8,13H,4-5,7,9-10H2,1H3. The Balaban J connectivity index is 1.66. The van der Waals surface area contributed by atoms with Crippen LogP contribution in [0.15, 0.2) is 24.4 Å². The molecule has 0 amide bonds. The number of hydrogen-bond acceptors (Lipinski definition) is 5. The maximum Gasteiger partial charge on any atom is 0.141 e. The van der Waals surface area contributed by atoms with Crippen LogP contribution < -0.4 is 0 Å². The third-order valence-electron chi connectivity index (χ3n) is 3.67. The van der Waals surface area contributed by atoms with Crippen molar-refractivity contribution in [3.63, 3.8) is 0 Å². The zero-order chi connectivity index (χ0) is 16.2. The van der Waals surface area contributed by atoms with Crippen molar-refractivity contribution in [1.82, 2.24) is 19.9 Å². The van der Waals surface area contributed by atoms with Crippen molar-refractivity contribution < 1.29 is 13.9 Å². The first kappa shape index (κ1) is 16.3. The molecule has 2 aromatic rings. The molecule has 2 heterocycles. The maximum absolute atomic E-state index is 13.2. The molecular weight excluding hydrogens is 323 g/mol. The van der Waals surface area contributed by atoms with Crippen molar-refractivity contribution in [2.75, 3.05) is 33.4 Å². The second-order valence-corrected chi connectivity index (χ2v) is 5.84. The van der Waals surface area contributed by atoms with Crippen LogP contribution >= 0.6 is 11.6 Å². The summed E-state index contributed by atoms with van der Waals surface area (Å²) in [5.41, 5.74) is 1.51. The highest BCUT2D eigenvalue weighted by molar-refractivity contribution is 6.30. The summed E-state index contributed by atoms with van der Waals surface area (Å²) < 4.78 is 25.6. The monoisotopic (exact) mass is 340 g/mol. The Morgan fingerprint density at radius 1 is 1.48 bits per heavy atom. The fourth-order valence-corrected chi connectivity index (χ4v) is 2.74. The molecular formula is C15H18ClFN4O2. The summed E-state index contributed by atoms with van der Waals surface area (Å²) in [5, 5.41) is 8.32. The number of ether oxygens (including phenoxy) is 2. The third kappa shape index (κ3) is 4.06. The Hall–Kier alpha value is -1.54. The van der Waals surface area contributed by atoms with Crippen LogP contribution in [0.2, 0.25) is 5.02 Å². The Labute approximate surface area is 138 Å². The third-order valence-corrected chi connectivity index (χ3v) is 3.96. The zero-order valence-electron chi connectivity index (χ0n) is 12.8. The molecule has 0 spiro atoms. The first-order valence-electron chi connectivity index (χ1n) is 7.35. The first-order valence-corrected chi connectivity index (χ1v) is 7.73. The molecule has 0 radical (unpaired) electrons. The van der Waals surface area contributed by atoms with Crippen molar-refractivity contribution in [2.24, 2.45) is 0 Å². The van der Waals surface area contributed by atoms with Crippen LogP contribution in [0.4, 0.5) is 4.39 Å². The molecule has 0 aliphatic carbocycles. The van der Waals surface area contributed by atoms with E-state index in [-0.39, 0.29) is 11.1 Å². The molecule has 6 nitrogen and oxygen atoms in total. The van der Waals surface area contributed by atoms with E-state index in [2.05, 4.69) is 15.2 Å². The molecule has 0 saturated carbocycles. The summed E-state index contributed by atoms with van der Waals surface area (Å²) in [6.07, 6.45) is 1.91. The van der Waals surface area contributed by atoms with Crippen LogP contribution in [0.25, 0.3) is 5.69 Å². The van der Waals surface area contributed by atoms with Gasteiger partial charge in [-0.2, -0.15) is 0 Å². The fourth-order valence-electron chi connectivity index (χ4n) is 2.56. The molecule has 1 aromatic heterocycles. The quantitative estimate of drug-likeness (QED) is 0.832. The SMILES string of the molecule is COCC1CN(Cc2cn(-c3ccc(F)c(Cl)c3)nn2)CCO1. The van der Waals surface area contributed by atoms with Gasteiger partial charge in [0.15, 0.2) is 0 Å². The minimum absolute atomic E-state index is 0.0649. The Bertz CT molecular complexity index is 665. The number of nitrogens with zero attached hydrogens (tertiary/aromatic N) is 4. The zero-order valence-corrected chi connectivity index (χ0v) is 13.5. The van der Waals surface area contributed by atoms with E-state index in [4.69, 9.17) is 21.1 Å². The summed E-state index contributed by atoms with van der Waals surface area (Å²) in [4.78, 5) is 2.25. The van der Waals surface area contributed by atoms with E-state index in [1.165, 1.54) is 12.1 Å². The highest BCUT2D eigenvalue weighted by Gasteiger charge is 2.21. The van der Waals surface area contributed by atoms with Crippen LogP contribution in [-0.4, -0.2) is 59.4 Å². The molecule has 23 heavy (non-hydrogen) atoms. The molecule has 1 aromatic carbocycles. The van der Waals surface area contributed by atoms with Gasteiger partial charge in [0.25, 0.3) is 0 Å². The van der Waals surface area contributed by atoms with Crippen molar-refractivity contribution in [3.8, 4) is 5.69 Å². The maximum atomic E-state index is 13.2. The van der Waals surface area contributed by atoms with Gasteiger partial charge in [0, 0.05) is 26.7 Å². The Morgan fingerprint density at radius 2 is 2.35 bits per heavy atom. The number of halogens is 2. The van der Waals surface area contributed by atoms with Crippen LogP contribution in [0.1, 0.15) is 5.69 Å². The molecule has 124 valence electrons. The first-order chi connectivity index (χ1) is 11.2. The average Bonchev–Trinajstić information content (AvgIpc) is 2.99. The van der Waals surface area contributed by atoms with E-state index >= 15 is 0 Å². The van der Waals surface area contributed by atoms with Gasteiger partial charge in [0.05, 0.1) is 41.9 Å². The van der Waals surface area contributed by atoms with Crippen LogP contribution in [-0.2, 0) is 16.0 Å². The second-order valence-electron chi connectivity index (χ2n) is 5.44. The largest absolute Gasteiger partial charge is 0.382 e. The Morgan fingerprint density at radius 3 is 3.13 bits per heavy atom. The van der Waals surface area contributed by atoms with E-state index in [1.807, 2.05) is 6.20 Å². The molecule has 3 rings (SSSR count). The van der Waals surface area contributed by atoms with Gasteiger partial charge in [0.2, 0.25) is 0 Å². The molecule has 0 bridgehead atoms. The highest BCUT2D eigenvalue weighted by atomic mass is 35.5. The lowest BCUT2D eigenvalue weighted by atomic mass is 10.2. The van der Waals surface area contributed by atoms with Crippen molar-refractivity contribution in [3.05, 3.63) is 40.9 Å². The topological polar surface area (TPSA) is 52.4 Å². The number of benzene rings is 1. The van der Waals surface area contributed by atoms with Gasteiger partial charge in [-0.05, 0) is 18.2 Å². The van der Waals surface area contributed by atoms with Gasteiger partial charge < -0.3 is 9.47 Å². The summed E-state index contributed by atoms with van der Waals surface area (Å²) in [5.74, 6) is -0.451. The van der Waals surface area contributed by atoms with Crippen LogP contribution in [0.5, 0.6) is 0 Å². The van der Waals surface area contributed by atoms with Gasteiger partial charge in [-0.15, -0.1) is 5.10 Å². The summed E-state index contributed by atoms with van der Waals surface area (Å²) in [6.45, 7) is 3.57. The second kappa shape index (κ2) is 7.35. The van der Waals surface area contributed by atoms with E-state index in [0.29, 0.717) is 25.4 Å². The van der Waals surface area contributed by atoms with E-state index < -0.39 is 5.82 Å². The molecule has 0 N–H and O–H groups in total. The highest BCUT2D eigenvalue weighted by Crippen LogP contribution is 2.18. The lowest BCUT2D eigenvalue weighted by Gasteiger charge is -2.31. The molecule has 1 unspecified atom stereocenters. The Kier molecular flexibility index (Phi) is 5.22. The number of hydrogen-bond donors (Lipinski definition) is 0. The van der Waals surface area contributed by atoms with Gasteiger partial charge >= 0.3 is 0 Å². The average molecular weight is 341 g/mol. The minimum Gasteiger partial charge on any atom is -0.382 e. The van der Waals surface area contributed by atoms with Gasteiger partial charge in [-0.25, -0.2) is 9.07 Å². The number of aromatic nitrogens is 3. The fraction of sp³-hybridized carbons (Fsp3) is 0.467. The summed E-state index contributed by atoms with van der Waals surface area (Å²) in [7, 11) is 1.67.